The highest BCUT2D eigenvalue weighted by Gasteiger charge is 2.15. The van der Waals surface area contributed by atoms with E-state index in [1.165, 1.54) is 21.2 Å². The molecule has 39 heavy (non-hydrogen) atoms. The first kappa shape index (κ1) is 26.6. The fraction of sp³-hybridized carbons (Fsp3) is 0.281. The van der Waals surface area contributed by atoms with Crippen molar-refractivity contribution in [1.82, 2.24) is 0 Å². The number of rotatable bonds is 11. The third-order valence-corrected chi connectivity index (χ3v) is 7.67. The molecule has 0 N–H and O–H groups in total. The van der Waals surface area contributed by atoms with Crippen molar-refractivity contribution in [2.24, 2.45) is 15.4 Å². The topological polar surface area (TPSA) is 64.8 Å². The second kappa shape index (κ2) is 12.7. The zero-order valence-corrected chi connectivity index (χ0v) is 23.3. The van der Waals surface area contributed by atoms with Gasteiger partial charge in [0.05, 0.1) is 18.2 Å². The van der Waals surface area contributed by atoms with Gasteiger partial charge < -0.3 is 14.2 Å². The summed E-state index contributed by atoms with van der Waals surface area (Å²) in [6, 6.07) is 21.0. The summed E-state index contributed by atoms with van der Waals surface area (Å²) in [5.41, 5.74) is 6.75. The Morgan fingerprint density at radius 2 is 1.87 bits per heavy atom. The highest BCUT2D eigenvalue weighted by atomic mass is 32.1. The number of thiophene rings is 1. The van der Waals surface area contributed by atoms with Crippen molar-refractivity contribution < 1.29 is 14.2 Å². The van der Waals surface area contributed by atoms with Crippen molar-refractivity contribution in [3.8, 4) is 34.5 Å². The van der Waals surface area contributed by atoms with Gasteiger partial charge >= 0.3 is 0 Å². The van der Waals surface area contributed by atoms with E-state index in [1.807, 2.05) is 31.2 Å². The quantitative estimate of drug-likeness (QED) is 0.145. The first-order valence-electron chi connectivity index (χ1n) is 13.0. The van der Waals surface area contributed by atoms with E-state index >= 15 is 0 Å². The van der Waals surface area contributed by atoms with Gasteiger partial charge in [0.25, 0.3) is 0 Å². The van der Waals surface area contributed by atoms with Crippen LogP contribution in [0.3, 0.4) is 0 Å². The number of hydrogen-bond donors (Lipinski definition) is 0. The van der Waals surface area contributed by atoms with E-state index in [1.54, 1.807) is 18.4 Å². The van der Waals surface area contributed by atoms with Crippen molar-refractivity contribution in [1.29, 1.82) is 0 Å². The van der Waals surface area contributed by atoms with Crippen LogP contribution in [-0.2, 0) is 11.3 Å². The minimum Gasteiger partial charge on any atom is -0.491 e. The predicted molar refractivity (Wildman–Crippen MR) is 158 cm³/mol. The van der Waals surface area contributed by atoms with E-state index in [4.69, 9.17) is 14.2 Å². The van der Waals surface area contributed by atoms with E-state index < -0.39 is 0 Å². The Bertz CT molecular complexity index is 1560. The maximum atomic E-state index is 6.17. The Labute approximate surface area is 233 Å². The van der Waals surface area contributed by atoms with Crippen LogP contribution in [0.5, 0.6) is 11.5 Å². The maximum absolute atomic E-state index is 6.17. The van der Waals surface area contributed by atoms with Gasteiger partial charge in [-0.1, -0.05) is 36.3 Å². The summed E-state index contributed by atoms with van der Waals surface area (Å²) in [5, 5.41) is 15.2. The van der Waals surface area contributed by atoms with Gasteiger partial charge in [-0.05, 0) is 77.0 Å². The molecule has 1 aromatic heterocycles. The van der Waals surface area contributed by atoms with E-state index in [9.17, 15) is 0 Å². The number of benzene rings is 3. The fourth-order valence-electron chi connectivity index (χ4n) is 4.64. The summed E-state index contributed by atoms with van der Waals surface area (Å²) < 4.78 is 18.5. The first-order chi connectivity index (χ1) is 19.2. The summed E-state index contributed by atoms with van der Waals surface area (Å²) in [6.45, 7) is 6.12. The number of fused-ring (bicyclic) bond motifs is 1. The summed E-state index contributed by atoms with van der Waals surface area (Å²) in [7, 11) is 1.68. The van der Waals surface area contributed by atoms with Gasteiger partial charge in [-0.3, -0.25) is 0 Å². The molecule has 4 aromatic rings. The molecule has 198 valence electrons. The smallest absolute Gasteiger partial charge is 0.122 e. The zero-order valence-electron chi connectivity index (χ0n) is 22.4. The molecule has 0 fully saturated rings. The van der Waals surface area contributed by atoms with Crippen LogP contribution in [0.1, 0.15) is 36.0 Å². The Morgan fingerprint density at radius 3 is 2.64 bits per heavy atom. The van der Waals surface area contributed by atoms with E-state index in [2.05, 4.69) is 76.0 Å². The van der Waals surface area contributed by atoms with Crippen LogP contribution < -0.4 is 9.47 Å². The highest BCUT2D eigenvalue weighted by molar-refractivity contribution is 7.17. The van der Waals surface area contributed by atoms with Crippen molar-refractivity contribution in [2.75, 3.05) is 26.9 Å². The third kappa shape index (κ3) is 6.36. The Balaban J connectivity index is 1.29. The molecule has 0 saturated carbocycles. The monoisotopic (exact) mass is 537 g/mol. The first-order valence-corrected chi connectivity index (χ1v) is 13.8. The number of nitrogens with zero attached hydrogens (tertiary/aromatic N) is 3. The van der Waals surface area contributed by atoms with Crippen molar-refractivity contribution in [3.05, 3.63) is 82.7 Å². The average Bonchev–Trinajstić information content (AvgIpc) is 3.63. The lowest BCUT2D eigenvalue weighted by molar-refractivity contribution is 0.146. The molecule has 2 heterocycles. The molecule has 0 spiro atoms. The molecule has 0 aliphatic carbocycles. The maximum Gasteiger partial charge on any atom is 0.122 e. The van der Waals surface area contributed by atoms with Gasteiger partial charge in [-0.15, -0.1) is 22.4 Å². The normalized spacial score (nSPS) is 13.2. The second-order valence-electron chi connectivity index (χ2n) is 9.31. The third-order valence-electron chi connectivity index (χ3n) is 6.71. The zero-order chi connectivity index (χ0) is 27.0. The minimum atomic E-state index is 0.0676. The van der Waals surface area contributed by atoms with E-state index in [0.29, 0.717) is 26.4 Å². The largest absolute Gasteiger partial charge is 0.491 e. The van der Waals surface area contributed by atoms with Crippen LogP contribution in [0.2, 0.25) is 0 Å². The summed E-state index contributed by atoms with van der Waals surface area (Å²) >= 11 is 1.75. The molecular weight excluding hydrogens is 506 g/mol. The molecule has 3 aromatic carbocycles. The molecule has 0 radical (unpaired) electrons. The van der Waals surface area contributed by atoms with Crippen LogP contribution in [0.25, 0.3) is 21.2 Å². The average molecular weight is 538 g/mol. The van der Waals surface area contributed by atoms with Gasteiger partial charge in [-0.25, -0.2) is 0 Å². The lowest BCUT2D eigenvalue weighted by Crippen LogP contribution is -2.07. The molecule has 7 heteroatoms. The predicted octanol–water partition coefficient (Wildman–Crippen LogP) is 7.80. The standard InChI is InChI=1S/C32H31N3O3S/c1-4-6-25(18-26-19-33-35-34-26)24-10-12-27(13-11-24)38-20-23-9-14-32-29(17-23)30(21-39-32)28-7-5-8-31(22(28)2)37-16-15-36-3/h5,7-14,17,21,25H,15-16,18-20H2,1-3H3/t25-/m0/s1. The molecule has 0 saturated heterocycles. The molecule has 1 atom stereocenters. The van der Waals surface area contributed by atoms with Crippen molar-refractivity contribution >= 4 is 27.1 Å². The van der Waals surface area contributed by atoms with E-state index in [-0.39, 0.29) is 5.92 Å². The molecule has 5 rings (SSSR count). The number of methoxy groups -OCH3 is 1. The van der Waals surface area contributed by atoms with E-state index in [0.717, 1.165) is 40.3 Å². The van der Waals surface area contributed by atoms with Gasteiger partial charge in [-0.2, -0.15) is 5.11 Å². The molecular formula is C32H31N3O3S. The minimum absolute atomic E-state index is 0.0676. The van der Waals surface area contributed by atoms with Crippen LogP contribution in [0, 0.1) is 18.8 Å². The summed E-state index contributed by atoms with van der Waals surface area (Å²) in [5.74, 6) is 8.11. The van der Waals surface area contributed by atoms with Gasteiger partial charge in [0.1, 0.15) is 31.3 Å². The molecule has 0 amide bonds. The van der Waals surface area contributed by atoms with Gasteiger partial charge in [0.15, 0.2) is 0 Å². The van der Waals surface area contributed by atoms with Crippen LogP contribution in [0.4, 0.5) is 0 Å². The SMILES string of the molecule is CC#C[C@@H](CC1=NN=NC1)c1ccc(OCc2ccc3scc(-c4cccc(OCCOC)c4C)c3c2)cc1. The second-order valence-corrected chi connectivity index (χ2v) is 10.2. The van der Waals surface area contributed by atoms with Crippen molar-refractivity contribution in [2.45, 2.75) is 32.8 Å². The Morgan fingerprint density at radius 1 is 1.00 bits per heavy atom. The Kier molecular flexibility index (Phi) is 8.67. The number of ether oxygens (including phenoxy) is 3. The van der Waals surface area contributed by atoms with Crippen LogP contribution >= 0.6 is 11.3 Å². The van der Waals surface area contributed by atoms with Crippen molar-refractivity contribution in [3.63, 3.8) is 0 Å². The molecule has 1 aliphatic heterocycles. The number of hydrogen-bond acceptors (Lipinski definition) is 7. The van der Waals surface area contributed by atoms with Gasteiger partial charge in [0.2, 0.25) is 0 Å². The molecule has 0 unspecified atom stereocenters. The summed E-state index contributed by atoms with van der Waals surface area (Å²) in [6.07, 6.45) is 0.735. The highest BCUT2D eigenvalue weighted by Crippen LogP contribution is 2.38. The summed E-state index contributed by atoms with van der Waals surface area (Å²) in [4.78, 5) is 0. The lowest BCUT2D eigenvalue weighted by atomic mass is 9.94. The Hall–Kier alpha value is -3.99. The van der Waals surface area contributed by atoms with Crippen LogP contribution in [-0.4, -0.2) is 32.6 Å². The van der Waals surface area contributed by atoms with Gasteiger partial charge in [0, 0.05) is 29.2 Å². The molecule has 0 bridgehead atoms. The van der Waals surface area contributed by atoms with Crippen LogP contribution in [0.15, 0.2) is 81.5 Å². The lowest BCUT2D eigenvalue weighted by Gasteiger charge is -2.13. The fourth-order valence-corrected chi connectivity index (χ4v) is 5.58. The molecule has 6 nitrogen and oxygen atoms in total. The molecule has 1 aliphatic rings.